The quantitative estimate of drug-likeness (QED) is 0.903. The van der Waals surface area contributed by atoms with Crippen LogP contribution >= 0.6 is 0 Å². The Kier molecular flexibility index (Phi) is 4.81. The molecule has 1 aliphatic heterocycles. The van der Waals surface area contributed by atoms with Gasteiger partial charge in [0.1, 0.15) is 5.60 Å². The van der Waals surface area contributed by atoms with E-state index in [1.807, 2.05) is 31.9 Å². The van der Waals surface area contributed by atoms with Gasteiger partial charge in [-0.1, -0.05) is 12.1 Å². The van der Waals surface area contributed by atoms with E-state index in [0.717, 1.165) is 31.4 Å². The number of likely N-dealkylation sites (tertiary alicyclic amines) is 1. The number of ether oxygens (including phenoxy) is 1. The van der Waals surface area contributed by atoms with Crippen LogP contribution in [-0.4, -0.2) is 40.7 Å². The molecule has 3 rings (SSSR count). The molecule has 1 unspecified atom stereocenters. The molecule has 0 saturated carbocycles. The number of hydrogen-bond donors (Lipinski definition) is 2. The summed E-state index contributed by atoms with van der Waals surface area (Å²) < 4.78 is 5.49. The maximum absolute atomic E-state index is 12.2. The van der Waals surface area contributed by atoms with Crippen LogP contribution in [0, 0.1) is 0 Å². The molecule has 1 aromatic carbocycles. The number of hydrogen-bond acceptors (Lipinski definition) is 3. The summed E-state index contributed by atoms with van der Waals surface area (Å²) in [5.74, 6) is 0. The molecule has 2 N–H and O–H groups in total. The number of aromatic amines is 1. The molecule has 0 bridgehead atoms. The number of amides is 1. The lowest BCUT2D eigenvalue weighted by Gasteiger charge is -2.34. The molecule has 0 aliphatic carbocycles. The molecule has 130 valence electrons. The van der Waals surface area contributed by atoms with Gasteiger partial charge in [-0.25, -0.2) is 4.79 Å². The van der Waals surface area contributed by atoms with Crippen LogP contribution in [0.5, 0.6) is 0 Å². The van der Waals surface area contributed by atoms with Gasteiger partial charge in [0.25, 0.3) is 0 Å². The van der Waals surface area contributed by atoms with Crippen LogP contribution in [-0.2, 0) is 11.3 Å². The SMILES string of the molecule is CC(C)(C)OC(=O)N1CCCC(NCc2cccc3[nH]ccc23)C1. The Bertz CT molecular complexity index is 702. The number of aromatic nitrogens is 1. The Balaban J connectivity index is 1.58. The molecular weight excluding hydrogens is 302 g/mol. The third-order valence-electron chi connectivity index (χ3n) is 4.34. The second kappa shape index (κ2) is 6.85. The lowest BCUT2D eigenvalue weighted by molar-refractivity contribution is 0.0187. The van der Waals surface area contributed by atoms with E-state index in [1.54, 1.807) is 0 Å². The van der Waals surface area contributed by atoms with Crippen molar-refractivity contribution in [2.45, 2.75) is 51.8 Å². The van der Waals surface area contributed by atoms with Crippen molar-refractivity contribution >= 4 is 17.0 Å². The highest BCUT2D eigenvalue weighted by atomic mass is 16.6. The fourth-order valence-corrected chi connectivity index (χ4v) is 3.19. The number of carbonyl (C=O) groups is 1. The van der Waals surface area contributed by atoms with Crippen LogP contribution in [0.3, 0.4) is 0 Å². The fourth-order valence-electron chi connectivity index (χ4n) is 3.19. The molecule has 1 fully saturated rings. The van der Waals surface area contributed by atoms with Crippen molar-refractivity contribution in [1.29, 1.82) is 0 Å². The van der Waals surface area contributed by atoms with Crippen LogP contribution in [0.25, 0.3) is 10.9 Å². The maximum atomic E-state index is 12.2. The molecule has 2 heterocycles. The highest BCUT2D eigenvalue weighted by Gasteiger charge is 2.27. The predicted molar refractivity (Wildman–Crippen MR) is 96.0 cm³/mol. The highest BCUT2D eigenvalue weighted by Crippen LogP contribution is 2.19. The second-order valence-electron chi connectivity index (χ2n) is 7.50. The van der Waals surface area contributed by atoms with Gasteiger partial charge < -0.3 is 19.9 Å². The van der Waals surface area contributed by atoms with E-state index in [2.05, 4.69) is 34.6 Å². The Morgan fingerprint density at radius 2 is 2.21 bits per heavy atom. The zero-order valence-corrected chi connectivity index (χ0v) is 14.8. The Labute approximate surface area is 143 Å². The van der Waals surface area contributed by atoms with E-state index < -0.39 is 5.60 Å². The van der Waals surface area contributed by atoms with Crippen molar-refractivity contribution in [3.05, 3.63) is 36.0 Å². The smallest absolute Gasteiger partial charge is 0.410 e. The molecule has 1 atom stereocenters. The summed E-state index contributed by atoms with van der Waals surface area (Å²) in [6.45, 7) is 8.01. The summed E-state index contributed by atoms with van der Waals surface area (Å²) in [4.78, 5) is 17.3. The average molecular weight is 329 g/mol. The standard InChI is InChI=1S/C19H27N3O2/c1-19(2,3)24-18(23)22-11-5-7-15(13-22)21-12-14-6-4-8-17-16(14)9-10-20-17/h4,6,8-10,15,20-21H,5,7,11-13H2,1-3H3. The van der Waals surface area contributed by atoms with Crippen molar-refractivity contribution in [1.82, 2.24) is 15.2 Å². The third kappa shape index (κ3) is 4.09. The number of nitrogens with one attached hydrogen (secondary N) is 2. The van der Waals surface area contributed by atoms with Gasteiger partial charge in [-0.3, -0.25) is 0 Å². The highest BCUT2D eigenvalue weighted by molar-refractivity contribution is 5.82. The van der Waals surface area contributed by atoms with Crippen LogP contribution in [0.2, 0.25) is 0 Å². The van der Waals surface area contributed by atoms with Crippen molar-refractivity contribution in [2.75, 3.05) is 13.1 Å². The minimum absolute atomic E-state index is 0.207. The number of rotatable bonds is 3. The number of fused-ring (bicyclic) bond motifs is 1. The van der Waals surface area contributed by atoms with Gasteiger partial charge in [0, 0.05) is 42.8 Å². The van der Waals surface area contributed by atoms with Gasteiger partial charge in [0.2, 0.25) is 0 Å². The topological polar surface area (TPSA) is 57.4 Å². The summed E-state index contributed by atoms with van der Waals surface area (Å²) in [6, 6.07) is 8.73. The molecular formula is C19H27N3O2. The Hall–Kier alpha value is -2.01. The molecule has 1 aliphatic rings. The van der Waals surface area contributed by atoms with Crippen molar-refractivity contribution in [3.8, 4) is 0 Å². The maximum Gasteiger partial charge on any atom is 0.410 e. The minimum Gasteiger partial charge on any atom is -0.444 e. The molecule has 1 amide bonds. The molecule has 5 heteroatoms. The first-order valence-corrected chi connectivity index (χ1v) is 8.69. The molecule has 24 heavy (non-hydrogen) atoms. The van der Waals surface area contributed by atoms with Gasteiger partial charge in [-0.2, -0.15) is 0 Å². The van der Waals surface area contributed by atoms with Crippen LogP contribution < -0.4 is 5.32 Å². The largest absolute Gasteiger partial charge is 0.444 e. The predicted octanol–water partition coefficient (Wildman–Crippen LogP) is 3.66. The van der Waals surface area contributed by atoms with Crippen LogP contribution in [0.15, 0.2) is 30.5 Å². The first-order chi connectivity index (χ1) is 11.4. The van der Waals surface area contributed by atoms with E-state index in [-0.39, 0.29) is 6.09 Å². The average Bonchev–Trinajstić information content (AvgIpc) is 3.00. The molecule has 1 saturated heterocycles. The van der Waals surface area contributed by atoms with Gasteiger partial charge in [0.15, 0.2) is 0 Å². The summed E-state index contributed by atoms with van der Waals surface area (Å²) >= 11 is 0. The Morgan fingerprint density at radius 3 is 3.00 bits per heavy atom. The van der Waals surface area contributed by atoms with Gasteiger partial charge in [-0.05, 0) is 51.3 Å². The van der Waals surface area contributed by atoms with E-state index in [1.165, 1.54) is 10.9 Å². The van der Waals surface area contributed by atoms with E-state index >= 15 is 0 Å². The monoisotopic (exact) mass is 329 g/mol. The van der Waals surface area contributed by atoms with Crippen molar-refractivity contribution in [3.63, 3.8) is 0 Å². The molecule has 0 spiro atoms. The summed E-state index contributed by atoms with van der Waals surface area (Å²) in [7, 11) is 0. The van der Waals surface area contributed by atoms with Crippen molar-refractivity contribution < 1.29 is 9.53 Å². The third-order valence-corrected chi connectivity index (χ3v) is 4.34. The number of nitrogens with zero attached hydrogens (tertiary/aromatic N) is 1. The number of carbonyl (C=O) groups excluding carboxylic acids is 1. The number of benzene rings is 1. The van der Waals surface area contributed by atoms with E-state index in [4.69, 9.17) is 4.74 Å². The molecule has 5 nitrogen and oxygen atoms in total. The molecule has 1 aromatic heterocycles. The summed E-state index contributed by atoms with van der Waals surface area (Å²) in [5.41, 5.74) is 2.00. The normalized spacial score (nSPS) is 18.8. The van der Waals surface area contributed by atoms with Crippen LogP contribution in [0.1, 0.15) is 39.2 Å². The second-order valence-corrected chi connectivity index (χ2v) is 7.50. The van der Waals surface area contributed by atoms with Crippen LogP contribution in [0.4, 0.5) is 4.79 Å². The van der Waals surface area contributed by atoms with Gasteiger partial charge in [-0.15, -0.1) is 0 Å². The zero-order valence-electron chi connectivity index (χ0n) is 14.8. The molecule has 0 radical (unpaired) electrons. The van der Waals surface area contributed by atoms with Crippen molar-refractivity contribution in [2.24, 2.45) is 0 Å². The van der Waals surface area contributed by atoms with Gasteiger partial charge in [0.05, 0.1) is 0 Å². The van der Waals surface area contributed by atoms with E-state index in [9.17, 15) is 4.79 Å². The first-order valence-electron chi connectivity index (χ1n) is 8.69. The zero-order chi connectivity index (χ0) is 17.2. The van der Waals surface area contributed by atoms with Gasteiger partial charge >= 0.3 is 6.09 Å². The first kappa shape index (κ1) is 16.8. The summed E-state index contributed by atoms with van der Waals surface area (Å²) in [5, 5.41) is 4.86. The lowest BCUT2D eigenvalue weighted by Crippen LogP contribution is -2.49. The lowest BCUT2D eigenvalue weighted by atomic mass is 10.0. The number of piperidine rings is 1. The Morgan fingerprint density at radius 1 is 1.38 bits per heavy atom. The fraction of sp³-hybridized carbons (Fsp3) is 0.526. The summed E-state index contributed by atoms with van der Waals surface area (Å²) in [6.07, 6.45) is 3.86. The number of H-pyrrole nitrogens is 1. The minimum atomic E-state index is -0.443. The molecule has 2 aromatic rings. The van der Waals surface area contributed by atoms with E-state index in [0.29, 0.717) is 12.6 Å².